The van der Waals surface area contributed by atoms with E-state index in [2.05, 4.69) is 29.9 Å². The fraction of sp³-hybridized carbons (Fsp3) is 0.519. The molecule has 2 N–H and O–H groups in total. The van der Waals surface area contributed by atoms with Gasteiger partial charge >= 0.3 is 5.97 Å². The minimum absolute atomic E-state index is 0.0176. The average molecular weight is 457 g/mol. The van der Waals surface area contributed by atoms with Crippen LogP contribution in [0.2, 0.25) is 0 Å². The molecule has 0 amide bonds. The van der Waals surface area contributed by atoms with Crippen molar-refractivity contribution in [3.8, 4) is 11.5 Å². The van der Waals surface area contributed by atoms with Crippen LogP contribution in [-0.2, 0) is 14.9 Å². The number of phenols is 2. The second-order valence-electron chi connectivity index (χ2n) is 9.12. The van der Waals surface area contributed by atoms with E-state index in [-0.39, 0.29) is 11.4 Å². The van der Waals surface area contributed by atoms with Crippen LogP contribution in [0.15, 0.2) is 47.4 Å². The largest absolute Gasteiger partial charge is 0.508 e. The van der Waals surface area contributed by atoms with Gasteiger partial charge in [-0.15, -0.1) is 11.8 Å². The number of carbonyl (C=O) groups is 1. The van der Waals surface area contributed by atoms with Gasteiger partial charge in [0.1, 0.15) is 11.5 Å². The van der Waals surface area contributed by atoms with Gasteiger partial charge in [-0.1, -0.05) is 63.6 Å². The predicted molar refractivity (Wildman–Crippen MR) is 131 cm³/mol. The van der Waals surface area contributed by atoms with Crippen molar-refractivity contribution < 1.29 is 19.7 Å². The third kappa shape index (κ3) is 6.22. The normalized spacial score (nSPS) is 20.0. The van der Waals surface area contributed by atoms with Crippen molar-refractivity contribution >= 4 is 17.7 Å². The number of ether oxygens (including phenoxy) is 1. The summed E-state index contributed by atoms with van der Waals surface area (Å²) in [6, 6.07) is 13.5. The van der Waals surface area contributed by atoms with Gasteiger partial charge in [-0.3, -0.25) is 4.79 Å². The van der Waals surface area contributed by atoms with Gasteiger partial charge in [0.2, 0.25) is 0 Å². The summed E-state index contributed by atoms with van der Waals surface area (Å²) in [5.74, 6) is 1.86. The highest BCUT2D eigenvalue weighted by atomic mass is 32.2. The number of phenolic OH excluding ortho intramolecular Hbond substituents is 2. The van der Waals surface area contributed by atoms with E-state index in [1.165, 1.54) is 55.2 Å². The first-order valence-electron chi connectivity index (χ1n) is 11.8. The maximum atomic E-state index is 11.2. The van der Waals surface area contributed by atoms with Gasteiger partial charge in [-0.25, -0.2) is 0 Å². The van der Waals surface area contributed by atoms with Gasteiger partial charge in [-0.05, 0) is 54.2 Å². The molecule has 4 nitrogen and oxygen atoms in total. The Labute approximate surface area is 196 Å². The fourth-order valence-corrected chi connectivity index (χ4v) is 6.22. The highest BCUT2D eigenvalue weighted by molar-refractivity contribution is 7.99. The lowest BCUT2D eigenvalue weighted by Gasteiger charge is -2.43. The maximum absolute atomic E-state index is 11.2. The number of rotatable bonds is 11. The molecule has 0 aromatic heterocycles. The zero-order valence-corrected chi connectivity index (χ0v) is 20.1. The molecule has 0 bridgehead atoms. The van der Waals surface area contributed by atoms with E-state index in [4.69, 9.17) is 0 Å². The molecule has 0 radical (unpaired) electrons. The highest BCUT2D eigenvalue weighted by Gasteiger charge is 2.41. The molecule has 0 spiro atoms. The summed E-state index contributed by atoms with van der Waals surface area (Å²) in [7, 11) is 1.45. The average Bonchev–Trinajstić information content (AvgIpc) is 2.79. The Morgan fingerprint density at radius 1 is 0.969 bits per heavy atom. The number of hydrogen-bond donors (Lipinski definition) is 2. The molecule has 174 valence electrons. The van der Waals surface area contributed by atoms with Crippen molar-refractivity contribution in [2.45, 2.75) is 80.9 Å². The number of methoxy groups -OCH3 is 1. The van der Waals surface area contributed by atoms with Crippen molar-refractivity contribution in [2.75, 3.05) is 12.9 Å². The second kappa shape index (κ2) is 11.6. The first-order valence-corrected chi connectivity index (χ1v) is 12.7. The van der Waals surface area contributed by atoms with Gasteiger partial charge < -0.3 is 14.9 Å². The minimum Gasteiger partial charge on any atom is -0.508 e. The topological polar surface area (TPSA) is 66.8 Å². The van der Waals surface area contributed by atoms with Gasteiger partial charge in [0.25, 0.3) is 0 Å². The van der Waals surface area contributed by atoms with Crippen molar-refractivity contribution in [2.24, 2.45) is 0 Å². The van der Waals surface area contributed by atoms with E-state index in [0.717, 1.165) is 25.0 Å². The molecule has 1 heterocycles. The van der Waals surface area contributed by atoms with Crippen LogP contribution in [0.1, 0.15) is 81.8 Å². The van der Waals surface area contributed by atoms with Gasteiger partial charge in [0.15, 0.2) is 0 Å². The third-order valence-corrected chi connectivity index (χ3v) is 8.21. The van der Waals surface area contributed by atoms with Crippen LogP contribution in [0, 0.1) is 0 Å². The van der Waals surface area contributed by atoms with Crippen LogP contribution in [0.4, 0.5) is 0 Å². The SMILES string of the molecule is COC(=O)CCCCCCCCC[C@@H]1c2ccc(O)cc2SCC1(C)c1ccc(O)cc1. The standard InChI is InChI=1S/C27H36O4S/c1-27(20-12-14-21(28)15-13-20)19-32-25-18-22(29)16-17-23(25)24(27)10-8-6-4-3-5-7-9-11-26(30)31-2/h12-18,24,28-29H,3-11,19H2,1-2H3/t24-,27?/m1/s1. The summed E-state index contributed by atoms with van der Waals surface area (Å²) in [6.45, 7) is 2.34. The quantitative estimate of drug-likeness (QED) is 0.283. The van der Waals surface area contributed by atoms with Crippen molar-refractivity contribution in [1.82, 2.24) is 0 Å². The molecule has 2 atom stereocenters. The first-order chi connectivity index (χ1) is 15.4. The minimum atomic E-state index is -0.110. The molecule has 0 saturated carbocycles. The third-order valence-electron chi connectivity index (χ3n) is 6.80. The smallest absolute Gasteiger partial charge is 0.305 e. The molecule has 1 unspecified atom stereocenters. The van der Waals surface area contributed by atoms with E-state index in [0.29, 0.717) is 23.8 Å². The Kier molecular flexibility index (Phi) is 8.92. The summed E-state index contributed by atoms with van der Waals surface area (Å²) in [5, 5.41) is 19.7. The molecular weight excluding hydrogens is 420 g/mol. The van der Waals surface area contributed by atoms with Crippen LogP contribution >= 0.6 is 11.8 Å². The Bertz CT molecular complexity index is 880. The second-order valence-corrected chi connectivity index (χ2v) is 10.1. The van der Waals surface area contributed by atoms with Gasteiger partial charge in [0, 0.05) is 22.5 Å². The number of hydrogen-bond acceptors (Lipinski definition) is 5. The fourth-order valence-electron chi connectivity index (χ4n) is 4.81. The van der Waals surface area contributed by atoms with E-state index in [1.54, 1.807) is 12.1 Å². The van der Waals surface area contributed by atoms with Crippen molar-refractivity contribution in [3.63, 3.8) is 0 Å². The number of esters is 1. The van der Waals surface area contributed by atoms with E-state index in [9.17, 15) is 15.0 Å². The number of carbonyl (C=O) groups excluding carboxylic acids is 1. The molecule has 0 fully saturated rings. The van der Waals surface area contributed by atoms with Crippen LogP contribution in [-0.4, -0.2) is 29.0 Å². The Balaban J connectivity index is 1.57. The molecule has 3 rings (SSSR count). The Morgan fingerprint density at radius 3 is 2.28 bits per heavy atom. The number of aromatic hydroxyl groups is 2. The number of unbranched alkanes of at least 4 members (excludes halogenated alkanes) is 6. The molecular formula is C27H36O4S. The summed E-state index contributed by atoms with van der Waals surface area (Å²) >= 11 is 1.82. The van der Waals surface area contributed by atoms with Gasteiger partial charge in [-0.2, -0.15) is 0 Å². The van der Waals surface area contributed by atoms with Gasteiger partial charge in [0.05, 0.1) is 7.11 Å². The highest BCUT2D eigenvalue weighted by Crippen LogP contribution is 2.52. The predicted octanol–water partition coefficient (Wildman–Crippen LogP) is 6.93. The first kappa shape index (κ1) is 24.5. The lowest BCUT2D eigenvalue weighted by atomic mass is 9.68. The molecule has 1 aliphatic rings. The van der Waals surface area contributed by atoms with E-state index in [1.807, 2.05) is 23.9 Å². The summed E-state index contributed by atoms with van der Waals surface area (Å²) in [6.07, 6.45) is 9.62. The molecule has 2 aromatic rings. The summed E-state index contributed by atoms with van der Waals surface area (Å²) in [4.78, 5) is 12.4. The molecule has 32 heavy (non-hydrogen) atoms. The lowest BCUT2D eigenvalue weighted by molar-refractivity contribution is -0.140. The Hall–Kier alpha value is -2.14. The van der Waals surface area contributed by atoms with Crippen molar-refractivity contribution in [1.29, 1.82) is 0 Å². The van der Waals surface area contributed by atoms with Crippen LogP contribution in [0.5, 0.6) is 11.5 Å². The zero-order valence-electron chi connectivity index (χ0n) is 19.3. The number of thioether (sulfide) groups is 1. The van der Waals surface area contributed by atoms with Crippen LogP contribution in [0.3, 0.4) is 0 Å². The molecule has 1 aliphatic heterocycles. The lowest BCUT2D eigenvalue weighted by Crippen LogP contribution is -2.36. The van der Waals surface area contributed by atoms with Crippen molar-refractivity contribution in [3.05, 3.63) is 53.6 Å². The van der Waals surface area contributed by atoms with E-state index < -0.39 is 0 Å². The molecule has 0 saturated heterocycles. The number of fused-ring (bicyclic) bond motifs is 1. The molecule has 0 aliphatic carbocycles. The Morgan fingerprint density at radius 2 is 1.59 bits per heavy atom. The number of benzene rings is 2. The van der Waals surface area contributed by atoms with Crippen LogP contribution in [0.25, 0.3) is 0 Å². The summed E-state index contributed by atoms with van der Waals surface area (Å²) < 4.78 is 4.69. The maximum Gasteiger partial charge on any atom is 0.305 e. The zero-order chi connectivity index (χ0) is 23.0. The summed E-state index contributed by atoms with van der Waals surface area (Å²) in [5.41, 5.74) is 2.57. The van der Waals surface area contributed by atoms with E-state index >= 15 is 0 Å². The van der Waals surface area contributed by atoms with Crippen LogP contribution < -0.4 is 0 Å². The molecule has 5 heteroatoms. The monoisotopic (exact) mass is 456 g/mol. The molecule has 2 aromatic carbocycles.